The molecular weight excluding hydrogens is 212 g/mol. The van der Waals surface area contributed by atoms with Gasteiger partial charge in [-0.15, -0.1) is 0 Å². The highest BCUT2D eigenvalue weighted by Gasteiger charge is 2.34. The summed E-state index contributed by atoms with van der Waals surface area (Å²) >= 11 is 0. The Kier molecular flexibility index (Phi) is 3.48. The van der Waals surface area contributed by atoms with Crippen LogP contribution in [0.5, 0.6) is 0 Å². The molecule has 1 aliphatic carbocycles. The van der Waals surface area contributed by atoms with E-state index in [1.54, 1.807) is 4.90 Å². The standard InChI is InChI=1S/C14H20N2O/c1-10-8-12(10)9-16(2)14(17)13(15)11-6-4-3-5-7-11/h3-7,10,12-13H,8-9,15H2,1-2H3/t10?,12?,13-/m0/s1. The van der Waals surface area contributed by atoms with Crippen LogP contribution < -0.4 is 5.73 Å². The molecule has 2 rings (SSSR count). The van der Waals surface area contributed by atoms with E-state index in [9.17, 15) is 4.79 Å². The molecule has 1 saturated carbocycles. The van der Waals surface area contributed by atoms with Crippen LogP contribution in [-0.4, -0.2) is 24.4 Å². The summed E-state index contributed by atoms with van der Waals surface area (Å²) in [6.07, 6.45) is 1.23. The highest BCUT2D eigenvalue weighted by molar-refractivity contribution is 5.82. The van der Waals surface area contributed by atoms with Gasteiger partial charge in [-0.3, -0.25) is 4.79 Å². The second-order valence-corrected chi connectivity index (χ2v) is 5.08. The molecule has 17 heavy (non-hydrogen) atoms. The van der Waals surface area contributed by atoms with Crippen molar-refractivity contribution in [2.75, 3.05) is 13.6 Å². The minimum Gasteiger partial charge on any atom is -0.344 e. The number of nitrogens with zero attached hydrogens (tertiary/aromatic N) is 1. The third-order valence-corrected chi connectivity index (χ3v) is 3.59. The van der Waals surface area contributed by atoms with Crippen molar-refractivity contribution < 1.29 is 4.79 Å². The maximum Gasteiger partial charge on any atom is 0.243 e. The number of carbonyl (C=O) groups excluding carboxylic acids is 1. The van der Waals surface area contributed by atoms with Gasteiger partial charge in [-0.2, -0.15) is 0 Å². The second kappa shape index (κ2) is 4.88. The van der Waals surface area contributed by atoms with Crippen molar-refractivity contribution in [2.24, 2.45) is 17.6 Å². The Balaban J connectivity index is 1.94. The quantitative estimate of drug-likeness (QED) is 0.860. The van der Waals surface area contributed by atoms with Gasteiger partial charge < -0.3 is 10.6 Å². The van der Waals surface area contributed by atoms with Crippen LogP contribution in [0.4, 0.5) is 0 Å². The first-order chi connectivity index (χ1) is 8.09. The number of likely N-dealkylation sites (N-methyl/N-ethyl adjacent to an activating group) is 1. The van der Waals surface area contributed by atoms with Crippen LogP contribution in [0.3, 0.4) is 0 Å². The van der Waals surface area contributed by atoms with Crippen LogP contribution in [0.25, 0.3) is 0 Å². The van der Waals surface area contributed by atoms with E-state index in [0.29, 0.717) is 5.92 Å². The highest BCUT2D eigenvalue weighted by Crippen LogP contribution is 2.38. The first kappa shape index (κ1) is 12.1. The first-order valence-electron chi connectivity index (χ1n) is 6.15. The SMILES string of the molecule is CC1CC1CN(C)C(=O)[C@@H](N)c1ccccc1. The molecular formula is C14H20N2O. The average molecular weight is 232 g/mol. The molecule has 1 aromatic rings. The van der Waals surface area contributed by atoms with Crippen molar-refractivity contribution in [3.05, 3.63) is 35.9 Å². The summed E-state index contributed by atoms with van der Waals surface area (Å²) < 4.78 is 0. The zero-order valence-electron chi connectivity index (χ0n) is 10.5. The van der Waals surface area contributed by atoms with Crippen LogP contribution >= 0.6 is 0 Å². The summed E-state index contributed by atoms with van der Waals surface area (Å²) in [6, 6.07) is 9.01. The summed E-state index contributed by atoms with van der Waals surface area (Å²) in [5, 5.41) is 0. The van der Waals surface area contributed by atoms with Gasteiger partial charge in [-0.25, -0.2) is 0 Å². The summed E-state index contributed by atoms with van der Waals surface area (Å²) in [7, 11) is 1.84. The van der Waals surface area contributed by atoms with Crippen molar-refractivity contribution in [1.29, 1.82) is 0 Å². The van der Waals surface area contributed by atoms with Crippen LogP contribution in [0.2, 0.25) is 0 Å². The molecule has 2 N–H and O–H groups in total. The topological polar surface area (TPSA) is 46.3 Å². The van der Waals surface area contributed by atoms with E-state index in [0.717, 1.165) is 18.0 Å². The van der Waals surface area contributed by atoms with E-state index >= 15 is 0 Å². The molecule has 0 aliphatic heterocycles. The Morgan fingerprint density at radius 2 is 2.06 bits per heavy atom. The number of rotatable bonds is 4. The van der Waals surface area contributed by atoms with Crippen molar-refractivity contribution >= 4 is 5.91 Å². The van der Waals surface area contributed by atoms with E-state index in [4.69, 9.17) is 5.73 Å². The zero-order chi connectivity index (χ0) is 12.4. The van der Waals surface area contributed by atoms with E-state index in [1.807, 2.05) is 37.4 Å². The number of benzene rings is 1. The van der Waals surface area contributed by atoms with Gasteiger partial charge in [-0.1, -0.05) is 37.3 Å². The maximum absolute atomic E-state index is 12.1. The molecule has 1 aliphatic rings. The molecule has 0 radical (unpaired) electrons. The monoisotopic (exact) mass is 232 g/mol. The van der Waals surface area contributed by atoms with Crippen LogP contribution in [-0.2, 0) is 4.79 Å². The van der Waals surface area contributed by atoms with Gasteiger partial charge in [0.1, 0.15) is 6.04 Å². The lowest BCUT2D eigenvalue weighted by Gasteiger charge is -2.21. The van der Waals surface area contributed by atoms with Crippen LogP contribution in [0.15, 0.2) is 30.3 Å². The van der Waals surface area contributed by atoms with Crippen molar-refractivity contribution in [1.82, 2.24) is 4.90 Å². The fraction of sp³-hybridized carbons (Fsp3) is 0.500. The molecule has 0 aromatic heterocycles. The van der Waals surface area contributed by atoms with Crippen molar-refractivity contribution in [2.45, 2.75) is 19.4 Å². The maximum atomic E-state index is 12.1. The molecule has 3 nitrogen and oxygen atoms in total. The van der Waals surface area contributed by atoms with Gasteiger partial charge in [0.15, 0.2) is 0 Å². The van der Waals surface area contributed by atoms with E-state index < -0.39 is 6.04 Å². The Hall–Kier alpha value is -1.35. The number of hydrogen-bond acceptors (Lipinski definition) is 2. The Labute approximate surface area is 103 Å². The summed E-state index contributed by atoms with van der Waals surface area (Å²) in [6.45, 7) is 3.06. The predicted molar refractivity (Wildman–Crippen MR) is 68.3 cm³/mol. The minimum absolute atomic E-state index is 0.00954. The smallest absolute Gasteiger partial charge is 0.243 e. The molecule has 0 heterocycles. The number of carbonyl (C=O) groups is 1. The molecule has 1 aromatic carbocycles. The van der Waals surface area contributed by atoms with E-state index in [2.05, 4.69) is 6.92 Å². The molecule has 1 fully saturated rings. The van der Waals surface area contributed by atoms with E-state index in [-0.39, 0.29) is 5.91 Å². The van der Waals surface area contributed by atoms with Crippen LogP contribution in [0.1, 0.15) is 24.9 Å². The molecule has 3 atom stereocenters. The lowest BCUT2D eigenvalue weighted by Crippen LogP contribution is -2.37. The van der Waals surface area contributed by atoms with Crippen molar-refractivity contribution in [3.63, 3.8) is 0 Å². The molecule has 3 heteroatoms. The normalized spacial score (nSPS) is 24.2. The average Bonchev–Trinajstić information content (AvgIpc) is 3.04. The summed E-state index contributed by atoms with van der Waals surface area (Å²) in [5.41, 5.74) is 6.86. The Morgan fingerprint density at radius 3 is 2.59 bits per heavy atom. The highest BCUT2D eigenvalue weighted by atomic mass is 16.2. The molecule has 2 unspecified atom stereocenters. The van der Waals surface area contributed by atoms with Gasteiger partial charge in [0, 0.05) is 13.6 Å². The van der Waals surface area contributed by atoms with E-state index in [1.165, 1.54) is 6.42 Å². The van der Waals surface area contributed by atoms with Gasteiger partial charge in [-0.05, 0) is 23.8 Å². The summed E-state index contributed by atoms with van der Waals surface area (Å²) in [5.74, 6) is 1.44. The lowest BCUT2D eigenvalue weighted by atomic mass is 10.1. The number of hydrogen-bond donors (Lipinski definition) is 1. The van der Waals surface area contributed by atoms with Gasteiger partial charge in [0.25, 0.3) is 0 Å². The number of nitrogens with two attached hydrogens (primary N) is 1. The predicted octanol–water partition coefficient (Wildman–Crippen LogP) is 1.80. The van der Waals surface area contributed by atoms with Crippen molar-refractivity contribution in [3.8, 4) is 0 Å². The van der Waals surface area contributed by atoms with Gasteiger partial charge in [0.05, 0.1) is 0 Å². The molecule has 1 amide bonds. The fourth-order valence-electron chi connectivity index (χ4n) is 2.14. The van der Waals surface area contributed by atoms with Gasteiger partial charge in [0.2, 0.25) is 5.91 Å². The fourth-order valence-corrected chi connectivity index (χ4v) is 2.14. The molecule has 0 bridgehead atoms. The van der Waals surface area contributed by atoms with Gasteiger partial charge >= 0.3 is 0 Å². The molecule has 0 saturated heterocycles. The lowest BCUT2D eigenvalue weighted by molar-refractivity contribution is -0.131. The molecule has 0 spiro atoms. The molecule has 92 valence electrons. The zero-order valence-corrected chi connectivity index (χ0v) is 10.5. The largest absolute Gasteiger partial charge is 0.344 e. The third kappa shape index (κ3) is 2.86. The Morgan fingerprint density at radius 1 is 1.47 bits per heavy atom. The third-order valence-electron chi connectivity index (χ3n) is 3.59. The summed E-state index contributed by atoms with van der Waals surface area (Å²) in [4.78, 5) is 13.9. The minimum atomic E-state index is -0.532. The number of amides is 1. The second-order valence-electron chi connectivity index (χ2n) is 5.08. The first-order valence-corrected chi connectivity index (χ1v) is 6.15. The Bertz CT molecular complexity index is 390. The van der Waals surface area contributed by atoms with Crippen LogP contribution in [0, 0.1) is 11.8 Å².